The van der Waals surface area contributed by atoms with E-state index in [1.54, 1.807) is 78.9 Å². The molecule has 1 fully saturated rings. The van der Waals surface area contributed by atoms with Gasteiger partial charge in [0.05, 0.1) is 19.1 Å². The first-order valence-electron chi connectivity index (χ1n) is 13.0. The van der Waals surface area contributed by atoms with Crippen LogP contribution in [0.4, 0.5) is 5.82 Å². The first-order chi connectivity index (χ1) is 20.2. The third-order valence-electron chi connectivity index (χ3n) is 6.91. The standard InChI is InChI=1S/C28H30ClN7O5S/c1-19-4-7-21(8-5-19)42(38,39)36-13-12-34(26-15-25(29)32-28(33-26)35-11-10-30-18-35)17-22(36)27(37)31-16-20-6-9-23(40-2)24(14-20)41-3/h4-11,14-15,18,22H,12-13,16-17H2,1-3H3,(H,31,37). The van der Waals surface area contributed by atoms with Gasteiger partial charge in [0.2, 0.25) is 21.9 Å². The highest BCUT2D eigenvalue weighted by Crippen LogP contribution is 2.28. The second kappa shape index (κ2) is 12.3. The van der Waals surface area contributed by atoms with E-state index in [1.165, 1.54) is 11.4 Å². The maximum absolute atomic E-state index is 13.8. The van der Waals surface area contributed by atoms with E-state index in [9.17, 15) is 13.2 Å². The van der Waals surface area contributed by atoms with Crippen LogP contribution in [0.15, 0.2) is 72.1 Å². The summed E-state index contributed by atoms with van der Waals surface area (Å²) < 4.78 is 41.1. The van der Waals surface area contributed by atoms with Crippen molar-refractivity contribution in [3.63, 3.8) is 0 Å². The zero-order valence-electron chi connectivity index (χ0n) is 23.3. The zero-order valence-corrected chi connectivity index (χ0v) is 24.8. The number of methoxy groups -OCH3 is 2. The minimum atomic E-state index is -3.99. The minimum Gasteiger partial charge on any atom is -0.493 e. The first-order valence-corrected chi connectivity index (χ1v) is 14.9. The van der Waals surface area contributed by atoms with E-state index in [1.807, 2.05) is 11.8 Å². The summed E-state index contributed by atoms with van der Waals surface area (Å²) >= 11 is 6.33. The fourth-order valence-corrected chi connectivity index (χ4v) is 6.41. The van der Waals surface area contributed by atoms with Gasteiger partial charge >= 0.3 is 0 Å². The number of benzene rings is 2. The monoisotopic (exact) mass is 611 g/mol. The van der Waals surface area contributed by atoms with Crippen LogP contribution in [0.3, 0.4) is 0 Å². The molecule has 0 saturated carbocycles. The number of rotatable bonds is 9. The number of imidazole rings is 1. The number of nitrogens with one attached hydrogen (secondary N) is 1. The molecule has 1 N–H and O–H groups in total. The van der Waals surface area contributed by atoms with Crippen molar-refractivity contribution < 1.29 is 22.7 Å². The lowest BCUT2D eigenvalue weighted by molar-refractivity contribution is -0.125. The van der Waals surface area contributed by atoms with Crippen molar-refractivity contribution in [1.82, 2.24) is 29.1 Å². The molecule has 12 nitrogen and oxygen atoms in total. The van der Waals surface area contributed by atoms with Gasteiger partial charge in [-0.05, 0) is 36.8 Å². The molecule has 1 saturated heterocycles. The Morgan fingerprint density at radius 3 is 2.50 bits per heavy atom. The van der Waals surface area contributed by atoms with Crippen LogP contribution >= 0.6 is 11.6 Å². The van der Waals surface area contributed by atoms with Gasteiger partial charge in [0.15, 0.2) is 11.5 Å². The highest BCUT2D eigenvalue weighted by atomic mass is 35.5. The third kappa shape index (κ3) is 6.17. The highest BCUT2D eigenvalue weighted by Gasteiger charge is 2.40. The lowest BCUT2D eigenvalue weighted by Crippen LogP contribution is -2.60. The van der Waals surface area contributed by atoms with Gasteiger partial charge in [-0.1, -0.05) is 35.4 Å². The summed E-state index contributed by atoms with van der Waals surface area (Å²) in [5, 5.41) is 3.10. The topological polar surface area (TPSA) is 132 Å². The zero-order chi connectivity index (χ0) is 29.9. The van der Waals surface area contributed by atoms with Gasteiger partial charge in [-0.15, -0.1) is 0 Å². The van der Waals surface area contributed by atoms with Crippen LogP contribution in [-0.4, -0.2) is 78.0 Å². The molecule has 1 atom stereocenters. The Labute approximate surface area is 248 Å². The van der Waals surface area contributed by atoms with E-state index in [4.69, 9.17) is 21.1 Å². The number of carbonyl (C=O) groups excluding carboxylic acids is 1. The summed E-state index contributed by atoms with van der Waals surface area (Å²) in [6.07, 6.45) is 4.83. The number of aromatic nitrogens is 4. The van der Waals surface area contributed by atoms with E-state index in [0.717, 1.165) is 11.1 Å². The fourth-order valence-electron chi connectivity index (χ4n) is 4.67. The lowest BCUT2D eigenvalue weighted by atomic mass is 10.1. The van der Waals surface area contributed by atoms with Gasteiger partial charge < -0.3 is 19.7 Å². The van der Waals surface area contributed by atoms with E-state index >= 15 is 0 Å². The van der Waals surface area contributed by atoms with Crippen molar-refractivity contribution >= 4 is 33.3 Å². The number of carbonyl (C=O) groups is 1. The number of aryl methyl sites for hydroxylation is 1. The predicted octanol–water partition coefficient (Wildman–Crippen LogP) is 2.84. The maximum Gasteiger partial charge on any atom is 0.243 e. The van der Waals surface area contributed by atoms with Gasteiger partial charge in [0.25, 0.3) is 0 Å². The van der Waals surface area contributed by atoms with Crippen molar-refractivity contribution in [3.8, 4) is 17.4 Å². The molecule has 0 radical (unpaired) electrons. The van der Waals surface area contributed by atoms with E-state index < -0.39 is 22.0 Å². The molecule has 1 aliphatic heterocycles. The molecule has 220 valence electrons. The first kappa shape index (κ1) is 29.3. The summed E-state index contributed by atoms with van der Waals surface area (Å²) in [5.74, 6) is 1.39. The third-order valence-corrected chi connectivity index (χ3v) is 9.02. The molecule has 5 rings (SSSR count). The molecule has 0 aliphatic carbocycles. The number of hydrogen-bond donors (Lipinski definition) is 1. The SMILES string of the molecule is COc1ccc(CNC(=O)C2CN(c3cc(Cl)nc(-n4ccnc4)n3)CCN2S(=O)(=O)c2ccc(C)cc2)cc1OC. The maximum atomic E-state index is 13.8. The van der Waals surface area contributed by atoms with Crippen LogP contribution in [0.2, 0.25) is 5.15 Å². The molecule has 2 aromatic carbocycles. The number of piperazine rings is 1. The van der Waals surface area contributed by atoms with Crippen LogP contribution in [0.5, 0.6) is 11.5 Å². The van der Waals surface area contributed by atoms with Crippen molar-refractivity contribution in [2.45, 2.75) is 24.4 Å². The number of halogens is 1. The average molecular weight is 612 g/mol. The summed E-state index contributed by atoms with van der Waals surface area (Å²) in [6, 6.07) is 12.4. The van der Waals surface area contributed by atoms with Crippen molar-refractivity contribution in [2.75, 3.05) is 38.8 Å². The molecule has 0 spiro atoms. The molecule has 4 aromatic rings. The Balaban J connectivity index is 1.44. The number of ether oxygens (including phenoxy) is 2. The van der Waals surface area contributed by atoms with Gasteiger partial charge in [0.1, 0.15) is 23.3 Å². The number of sulfonamides is 1. The Morgan fingerprint density at radius 1 is 1.05 bits per heavy atom. The second-order valence-electron chi connectivity index (χ2n) is 9.62. The molecule has 1 unspecified atom stereocenters. The largest absolute Gasteiger partial charge is 0.493 e. The molecule has 2 aromatic heterocycles. The van der Waals surface area contributed by atoms with Gasteiger partial charge in [-0.3, -0.25) is 9.36 Å². The summed E-state index contributed by atoms with van der Waals surface area (Å²) in [6.45, 7) is 2.40. The van der Waals surface area contributed by atoms with Crippen LogP contribution in [0.1, 0.15) is 11.1 Å². The van der Waals surface area contributed by atoms with Crippen molar-refractivity contribution in [2.24, 2.45) is 0 Å². The normalized spacial score (nSPS) is 15.8. The van der Waals surface area contributed by atoms with Crippen LogP contribution in [0, 0.1) is 6.92 Å². The summed E-state index contributed by atoms with van der Waals surface area (Å²) in [7, 11) is -0.923. The molecular formula is C28H30ClN7O5S. The minimum absolute atomic E-state index is 0.0412. The Hall–Kier alpha value is -4.20. The van der Waals surface area contributed by atoms with Crippen molar-refractivity contribution in [1.29, 1.82) is 0 Å². The van der Waals surface area contributed by atoms with Gasteiger partial charge in [-0.25, -0.2) is 18.4 Å². The Bertz CT molecular complexity index is 1670. The summed E-state index contributed by atoms with van der Waals surface area (Å²) in [4.78, 5) is 28.6. The van der Waals surface area contributed by atoms with Crippen molar-refractivity contribution in [3.05, 3.63) is 83.5 Å². The average Bonchev–Trinajstić information content (AvgIpc) is 3.55. The number of nitrogens with zero attached hydrogens (tertiary/aromatic N) is 6. The van der Waals surface area contributed by atoms with Crippen LogP contribution < -0.4 is 19.7 Å². The smallest absolute Gasteiger partial charge is 0.243 e. The van der Waals surface area contributed by atoms with E-state index in [0.29, 0.717) is 23.3 Å². The second-order valence-corrected chi connectivity index (χ2v) is 11.9. The molecule has 42 heavy (non-hydrogen) atoms. The molecule has 14 heteroatoms. The Morgan fingerprint density at radius 2 is 1.81 bits per heavy atom. The lowest BCUT2D eigenvalue weighted by Gasteiger charge is -2.40. The predicted molar refractivity (Wildman–Crippen MR) is 157 cm³/mol. The molecular weight excluding hydrogens is 582 g/mol. The quantitative estimate of drug-likeness (QED) is 0.284. The van der Waals surface area contributed by atoms with Crippen LogP contribution in [-0.2, 0) is 21.4 Å². The number of hydrogen-bond acceptors (Lipinski definition) is 9. The summed E-state index contributed by atoms with van der Waals surface area (Å²) in [5.41, 5.74) is 1.69. The number of amides is 1. The van der Waals surface area contributed by atoms with E-state index in [-0.39, 0.29) is 36.2 Å². The van der Waals surface area contributed by atoms with Crippen LogP contribution in [0.25, 0.3) is 5.95 Å². The van der Waals surface area contributed by atoms with Gasteiger partial charge in [0, 0.05) is 44.6 Å². The molecule has 3 heterocycles. The molecule has 1 amide bonds. The Kier molecular flexibility index (Phi) is 8.61. The number of anilines is 1. The molecule has 1 aliphatic rings. The highest BCUT2D eigenvalue weighted by molar-refractivity contribution is 7.89. The fraction of sp³-hybridized carbons (Fsp3) is 0.286. The van der Waals surface area contributed by atoms with E-state index in [2.05, 4.69) is 20.3 Å². The van der Waals surface area contributed by atoms with Gasteiger partial charge in [-0.2, -0.15) is 9.29 Å². The molecule has 0 bridgehead atoms.